The molecule has 142 valence electrons. The van der Waals surface area contributed by atoms with Gasteiger partial charge in [0.05, 0.1) is 12.5 Å². The van der Waals surface area contributed by atoms with Gasteiger partial charge in [-0.3, -0.25) is 9.59 Å². The summed E-state index contributed by atoms with van der Waals surface area (Å²) in [6.07, 6.45) is 2.53. The third-order valence-corrected chi connectivity index (χ3v) is 4.89. The van der Waals surface area contributed by atoms with E-state index in [-0.39, 0.29) is 35.8 Å². The Morgan fingerprint density at radius 2 is 2.12 bits per heavy atom. The molecular weight excluding hydrogens is 328 g/mol. The number of hydrogen-bond acceptors (Lipinski definition) is 3. The van der Waals surface area contributed by atoms with E-state index in [2.05, 4.69) is 44.9 Å². The SMILES string of the molecule is C=CC(=O)Nc1cccc(CC(=O)NC2CC(OCC(C)C)C2(C)C)c1. The fourth-order valence-electron chi connectivity index (χ4n) is 3.10. The van der Waals surface area contributed by atoms with Crippen LogP contribution >= 0.6 is 0 Å². The van der Waals surface area contributed by atoms with Crippen molar-refractivity contribution in [2.24, 2.45) is 11.3 Å². The number of nitrogens with one attached hydrogen (secondary N) is 2. The van der Waals surface area contributed by atoms with E-state index in [4.69, 9.17) is 4.74 Å². The van der Waals surface area contributed by atoms with Gasteiger partial charge in [-0.25, -0.2) is 0 Å². The maximum Gasteiger partial charge on any atom is 0.247 e. The molecule has 2 amide bonds. The summed E-state index contributed by atoms with van der Waals surface area (Å²) in [7, 11) is 0. The topological polar surface area (TPSA) is 67.4 Å². The van der Waals surface area contributed by atoms with Crippen LogP contribution in [0, 0.1) is 11.3 Å². The Bertz CT molecular complexity index is 667. The van der Waals surface area contributed by atoms with Crippen LogP contribution in [0.2, 0.25) is 0 Å². The van der Waals surface area contributed by atoms with Crippen molar-refractivity contribution < 1.29 is 14.3 Å². The van der Waals surface area contributed by atoms with E-state index in [1.54, 1.807) is 12.1 Å². The van der Waals surface area contributed by atoms with Gasteiger partial charge in [0.1, 0.15) is 0 Å². The van der Waals surface area contributed by atoms with Gasteiger partial charge in [-0.1, -0.05) is 46.4 Å². The van der Waals surface area contributed by atoms with Crippen molar-refractivity contribution in [2.75, 3.05) is 11.9 Å². The summed E-state index contributed by atoms with van der Waals surface area (Å²) in [4.78, 5) is 23.8. The van der Waals surface area contributed by atoms with E-state index in [1.807, 2.05) is 12.1 Å². The molecule has 5 nitrogen and oxygen atoms in total. The van der Waals surface area contributed by atoms with Crippen molar-refractivity contribution in [1.29, 1.82) is 0 Å². The van der Waals surface area contributed by atoms with E-state index >= 15 is 0 Å². The van der Waals surface area contributed by atoms with Crippen LogP contribution < -0.4 is 10.6 Å². The maximum absolute atomic E-state index is 12.4. The normalized spacial score (nSPS) is 21.0. The van der Waals surface area contributed by atoms with Crippen LogP contribution in [-0.4, -0.2) is 30.6 Å². The molecule has 2 atom stereocenters. The van der Waals surface area contributed by atoms with E-state index in [9.17, 15) is 9.59 Å². The molecule has 1 fully saturated rings. The molecule has 2 rings (SSSR count). The molecule has 1 aliphatic carbocycles. The molecule has 1 aromatic carbocycles. The fraction of sp³-hybridized carbons (Fsp3) is 0.524. The van der Waals surface area contributed by atoms with Gasteiger partial charge in [0.25, 0.3) is 0 Å². The van der Waals surface area contributed by atoms with Crippen LogP contribution in [0.3, 0.4) is 0 Å². The molecule has 26 heavy (non-hydrogen) atoms. The molecule has 0 radical (unpaired) electrons. The average molecular weight is 358 g/mol. The van der Waals surface area contributed by atoms with Crippen LogP contribution in [0.15, 0.2) is 36.9 Å². The molecule has 1 aromatic rings. The smallest absolute Gasteiger partial charge is 0.247 e. The number of rotatable bonds is 8. The lowest BCUT2D eigenvalue weighted by Crippen LogP contribution is -2.62. The summed E-state index contributed by atoms with van der Waals surface area (Å²) in [6, 6.07) is 7.42. The Morgan fingerprint density at radius 3 is 2.73 bits per heavy atom. The van der Waals surface area contributed by atoms with Crippen LogP contribution in [-0.2, 0) is 20.7 Å². The van der Waals surface area contributed by atoms with Gasteiger partial charge in [-0.2, -0.15) is 0 Å². The minimum absolute atomic E-state index is 0.0161. The summed E-state index contributed by atoms with van der Waals surface area (Å²) in [6.45, 7) is 12.7. The molecule has 0 saturated heterocycles. The second-order valence-corrected chi connectivity index (χ2v) is 7.96. The molecule has 2 unspecified atom stereocenters. The third-order valence-electron chi connectivity index (χ3n) is 4.89. The van der Waals surface area contributed by atoms with Crippen LogP contribution in [0.25, 0.3) is 0 Å². The molecule has 5 heteroatoms. The quantitative estimate of drug-likeness (QED) is 0.701. The second kappa shape index (κ2) is 8.49. The van der Waals surface area contributed by atoms with Crippen molar-refractivity contribution in [3.05, 3.63) is 42.5 Å². The van der Waals surface area contributed by atoms with Crippen LogP contribution in [0.1, 0.15) is 39.7 Å². The van der Waals surface area contributed by atoms with Crippen molar-refractivity contribution in [1.82, 2.24) is 5.32 Å². The highest BCUT2D eigenvalue weighted by Crippen LogP contribution is 2.43. The minimum atomic E-state index is -0.268. The van der Waals surface area contributed by atoms with Crippen molar-refractivity contribution in [3.63, 3.8) is 0 Å². The zero-order valence-electron chi connectivity index (χ0n) is 16.2. The molecule has 0 aromatic heterocycles. The van der Waals surface area contributed by atoms with Gasteiger partial charge >= 0.3 is 0 Å². The lowest BCUT2D eigenvalue weighted by Gasteiger charge is -2.51. The summed E-state index contributed by atoms with van der Waals surface area (Å²) < 4.78 is 5.95. The molecule has 1 aliphatic rings. The highest BCUT2D eigenvalue weighted by molar-refractivity contribution is 5.98. The molecule has 0 aliphatic heterocycles. The van der Waals surface area contributed by atoms with Crippen molar-refractivity contribution >= 4 is 17.5 Å². The van der Waals surface area contributed by atoms with E-state index in [0.717, 1.165) is 18.6 Å². The summed E-state index contributed by atoms with van der Waals surface area (Å²) in [5.41, 5.74) is 1.45. The number of amides is 2. The molecule has 2 N–H and O–H groups in total. The average Bonchev–Trinajstić information content (AvgIpc) is 2.57. The van der Waals surface area contributed by atoms with E-state index in [0.29, 0.717) is 11.6 Å². The van der Waals surface area contributed by atoms with Gasteiger partial charge < -0.3 is 15.4 Å². The first kappa shape index (κ1) is 20.2. The van der Waals surface area contributed by atoms with Crippen LogP contribution in [0.5, 0.6) is 0 Å². The summed E-state index contributed by atoms with van der Waals surface area (Å²) in [5, 5.41) is 5.83. The Hall–Kier alpha value is -2.14. The first-order chi connectivity index (χ1) is 12.2. The highest BCUT2D eigenvalue weighted by Gasteiger charge is 2.49. The molecule has 0 bridgehead atoms. The summed E-state index contributed by atoms with van der Waals surface area (Å²) in [5.74, 6) is 0.223. The molecule has 1 saturated carbocycles. The Morgan fingerprint density at radius 1 is 1.38 bits per heavy atom. The van der Waals surface area contributed by atoms with Gasteiger partial charge in [-0.15, -0.1) is 0 Å². The zero-order valence-corrected chi connectivity index (χ0v) is 16.2. The highest BCUT2D eigenvalue weighted by atomic mass is 16.5. The first-order valence-electron chi connectivity index (χ1n) is 9.15. The lowest BCUT2D eigenvalue weighted by molar-refractivity contribution is -0.139. The van der Waals surface area contributed by atoms with E-state index < -0.39 is 0 Å². The van der Waals surface area contributed by atoms with E-state index in [1.165, 1.54) is 6.08 Å². The van der Waals surface area contributed by atoms with Gasteiger partial charge in [0.15, 0.2) is 0 Å². The number of carbonyl (C=O) groups excluding carboxylic acids is 2. The zero-order chi connectivity index (χ0) is 19.3. The first-order valence-corrected chi connectivity index (χ1v) is 9.15. The number of hydrogen-bond donors (Lipinski definition) is 2. The number of benzene rings is 1. The molecule has 0 spiro atoms. The lowest BCUT2D eigenvalue weighted by atomic mass is 9.64. The van der Waals surface area contributed by atoms with Gasteiger partial charge in [0.2, 0.25) is 11.8 Å². The second-order valence-electron chi connectivity index (χ2n) is 7.96. The number of ether oxygens (including phenoxy) is 1. The van der Waals surface area contributed by atoms with Crippen molar-refractivity contribution in [3.8, 4) is 0 Å². The number of carbonyl (C=O) groups is 2. The van der Waals surface area contributed by atoms with Crippen LogP contribution in [0.4, 0.5) is 5.69 Å². The number of anilines is 1. The standard InChI is InChI=1S/C21H30N2O3/c1-6-19(24)22-16-9-7-8-15(10-16)11-20(25)23-17-12-18(21(17,4)5)26-13-14(2)3/h6-10,14,17-18H,1,11-13H2,2-5H3,(H,22,24)(H,23,25). The third kappa shape index (κ3) is 5.18. The predicted molar refractivity (Wildman–Crippen MR) is 104 cm³/mol. The Labute approximate surface area is 156 Å². The Balaban J connectivity index is 1.87. The predicted octanol–water partition coefficient (Wildman–Crippen LogP) is 3.31. The summed E-state index contributed by atoms with van der Waals surface area (Å²) >= 11 is 0. The van der Waals surface area contributed by atoms with Gasteiger partial charge in [0, 0.05) is 23.8 Å². The molecular formula is C21H30N2O3. The fourth-order valence-corrected chi connectivity index (χ4v) is 3.10. The minimum Gasteiger partial charge on any atom is -0.377 e. The van der Waals surface area contributed by atoms with Gasteiger partial charge in [-0.05, 0) is 36.1 Å². The molecule has 0 heterocycles. The monoisotopic (exact) mass is 358 g/mol. The largest absolute Gasteiger partial charge is 0.377 e. The van der Waals surface area contributed by atoms with Crippen molar-refractivity contribution in [2.45, 2.75) is 52.7 Å². The Kier molecular flexibility index (Phi) is 6.59. The maximum atomic E-state index is 12.4.